The van der Waals surface area contributed by atoms with Crippen molar-refractivity contribution in [3.8, 4) is 6.07 Å². The summed E-state index contributed by atoms with van der Waals surface area (Å²) in [6, 6.07) is 7.80. The predicted molar refractivity (Wildman–Crippen MR) is 86.2 cm³/mol. The second-order valence-electron chi connectivity index (χ2n) is 4.95. The van der Waals surface area contributed by atoms with Gasteiger partial charge in [-0.25, -0.2) is 14.2 Å². The van der Waals surface area contributed by atoms with Crippen LogP contribution in [0, 0.1) is 17.1 Å². The maximum atomic E-state index is 12.9. The smallest absolute Gasteiger partial charge is 0.357 e. The molecule has 0 N–H and O–H groups in total. The highest BCUT2D eigenvalue weighted by Gasteiger charge is 2.24. The van der Waals surface area contributed by atoms with Crippen LogP contribution in [-0.2, 0) is 16.0 Å². The van der Waals surface area contributed by atoms with Crippen LogP contribution >= 0.6 is 11.3 Å². The molecule has 0 saturated heterocycles. The van der Waals surface area contributed by atoms with Crippen molar-refractivity contribution in [3.63, 3.8) is 0 Å². The first-order chi connectivity index (χ1) is 11.5. The number of thiazole rings is 1. The van der Waals surface area contributed by atoms with E-state index >= 15 is 0 Å². The van der Waals surface area contributed by atoms with Gasteiger partial charge in [-0.3, -0.25) is 4.79 Å². The summed E-state index contributed by atoms with van der Waals surface area (Å²) in [5.41, 5.74) is 0.913. The van der Waals surface area contributed by atoms with Crippen LogP contribution in [0.2, 0.25) is 0 Å². The summed E-state index contributed by atoms with van der Waals surface area (Å²) < 4.78 is 17.7. The lowest BCUT2D eigenvalue weighted by molar-refractivity contribution is -0.119. The molecule has 2 aromatic rings. The van der Waals surface area contributed by atoms with Crippen LogP contribution in [0.25, 0.3) is 0 Å². The number of Topliss-reactive ketones (excluding diaryl/α,β-unsaturated/α-hetero) is 1. The monoisotopic (exact) mass is 346 g/mol. The number of hydrogen-bond donors (Lipinski definition) is 0. The Morgan fingerprint density at radius 3 is 2.71 bits per heavy atom. The predicted octanol–water partition coefficient (Wildman–Crippen LogP) is 3.27. The Balaban J connectivity index is 2.02. The molecule has 1 aromatic heterocycles. The number of nitriles is 1. The highest BCUT2D eigenvalue weighted by atomic mass is 32.1. The second-order valence-corrected chi connectivity index (χ2v) is 5.84. The number of esters is 1. The molecule has 7 heteroatoms. The van der Waals surface area contributed by atoms with Crippen molar-refractivity contribution < 1.29 is 18.7 Å². The number of hydrogen-bond acceptors (Lipinski definition) is 6. The first-order valence-corrected chi connectivity index (χ1v) is 8.22. The van der Waals surface area contributed by atoms with Crippen molar-refractivity contribution in [1.82, 2.24) is 4.98 Å². The van der Waals surface area contributed by atoms with Crippen molar-refractivity contribution in [2.75, 3.05) is 6.61 Å². The number of rotatable bonds is 7. The van der Waals surface area contributed by atoms with Crippen molar-refractivity contribution in [2.24, 2.45) is 0 Å². The fraction of sp³-hybridized carbons (Fsp3) is 0.294. The van der Waals surface area contributed by atoms with Gasteiger partial charge in [-0.05, 0) is 31.0 Å². The van der Waals surface area contributed by atoms with Gasteiger partial charge in [0.05, 0.1) is 12.7 Å². The van der Waals surface area contributed by atoms with E-state index in [0.717, 1.165) is 16.9 Å². The van der Waals surface area contributed by atoms with Gasteiger partial charge in [-0.2, -0.15) is 5.26 Å². The van der Waals surface area contributed by atoms with Gasteiger partial charge in [0.1, 0.15) is 10.8 Å². The SMILES string of the molecule is CCOC(=O)c1csc([C@@H](C#N)C(=O)CCc2ccc(F)cc2)n1. The van der Waals surface area contributed by atoms with E-state index in [1.165, 1.54) is 17.5 Å². The first-order valence-electron chi connectivity index (χ1n) is 7.34. The molecule has 2 rings (SSSR count). The lowest BCUT2D eigenvalue weighted by Gasteiger charge is -2.05. The molecule has 5 nitrogen and oxygen atoms in total. The van der Waals surface area contributed by atoms with E-state index in [9.17, 15) is 19.2 Å². The highest BCUT2D eigenvalue weighted by molar-refractivity contribution is 7.10. The van der Waals surface area contributed by atoms with Crippen molar-refractivity contribution in [2.45, 2.75) is 25.7 Å². The minimum atomic E-state index is -1.02. The standard InChI is InChI=1S/C17H15FN2O3S/c1-2-23-17(22)14-10-24-16(20-14)13(9-19)15(21)8-5-11-3-6-12(18)7-4-11/h3-4,6-7,10,13H,2,5,8H2,1H3/t13-/m0/s1. The van der Waals surface area contributed by atoms with Gasteiger partial charge in [0, 0.05) is 11.8 Å². The molecule has 0 bridgehead atoms. The number of ketones is 1. The van der Waals surface area contributed by atoms with Gasteiger partial charge in [-0.1, -0.05) is 12.1 Å². The van der Waals surface area contributed by atoms with E-state index in [1.807, 2.05) is 6.07 Å². The quantitative estimate of drug-likeness (QED) is 0.719. The number of aryl methyl sites for hydroxylation is 1. The molecule has 0 aliphatic heterocycles. The van der Waals surface area contributed by atoms with Crippen LogP contribution in [0.15, 0.2) is 29.6 Å². The Morgan fingerprint density at radius 2 is 2.08 bits per heavy atom. The molecule has 1 atom stereocenters. The molecule has 1 aromatic carbocycles. The Hall–Kier alpha value is -2.59. The summed E-state index contributed by atoms with van der Waals surface area (Å²) in [5.74, 6) is -2.21. The summed E-state index contributed by atoms with van der Waals surface area (Å²) in [6.45, 7) is 1.91. The molecular formula is C17H15FN2O3S. The molecule has 0 fully saturated rings. The van der Waals surface area contributed by atoms with Gasteiger partial charge in [0.25, 0.3) is 0 Å². The van der Waals surface area contributed by atoms with Crippen LogP contribution in [0.1, 0.15) is 40.3 Å². The number of halogens is 1. The fourth-order valence-electron chi connectivity index (χ4n) is 2.05. The van der Waals surface area contributed by atoms with Gasteiger partial charge < -0.3 is 4.74 Å². The summed E-state index contributed by atoms with van der Waals surface area (Å²) in [4.78, 5) is 27.9. The van der Waals surface area contributed by atoms with Crippen LogP contribution in [0.3, 0.4) is 0 Å². The zero-order valence-corrected chi connectivity index (χ0v) is 13.8. The van der Waals surface area contributed by atoms with Gasteiger partial charge in [-0.15, -0.1) is 11.3 Å². The Labute approximate surface area is 142 Å². The number of ether oxygens (including phenoxy) is 1. The Bertz CT molecular complexity index is 765. The molecule has 0 spiro atoms. The van der Waals surface area contributed by atoms with E-state index < -0.39 is 11.9 Å². The number of carbonyl (C=O) groups excluding carboxylic acids is 2. The van der Waals surface area contributed by atoms with Crippen molar-refractivity contribution >= 4 is 23.1 Å². The molecular weight excluding hydrogens is 331 g/mol. The van der Waals surface area contributed by atoms with E-state index in [0.29, 0.717) is 6.42 Å². The van der Waals surface area contributed by atoms with E-state index in [1.54, 1.807) is 19.1 Å². The molecule has 0 aliphatic carbocycles. The van der Waals surface area contributed by atoms with Gasteiger partial charge in [0.2, 0.25) is 0 Å². The molecule has 124 valence electrons. The molecule has 1 heterocycles. The third kappa shape index (κ3) is 4.46. The normalized spacial score (nSPS) is 11.5. The zero-order valence-electron chi connectivity index (χ0n) is 13.0. The third-order valence-electron chi connectivity index (χ3n) is 3.28. The second kappa shape index (κ2) is 8.31. The first kappa shape index (κ1) is 17.8. The molecule has 0 aliphatic rings. The summed E-state index contributed by atoms with van der Waals surface area (Å²) in [6.07, 6.45) is 0.547. The molecule has 0 radical (unpaired) electrons. The van der Waals surface area contributed by atoms with Crippen LogP contribution in [-0.4, -0.2) is 23.3 Å². The van der Waals surface area contributed by atoms with Gasteiger partial charge >= 0.3 is 5.97 Å². The Morgan fingerprint density at radius 1 is 1.38 bits per heavy atom. The number of aromatic nitrogens is 1. The van der Waals surface area contributed by atoms with E-state index in [4.69, 9.17) is 4.74 Å². The van der Waals surface area contributed by atoms with E-state index in [-0.39, 0.29) is 35.3 Å². The Kier molecular flexibility index (Phi) is 6.15. The maximum absolute atomic E-state index is 12.9. The minimum Gasteiger partial charge on any atom is -0.461 e. The van der Waals surface area contributed by atoms with E-state index in [2.05, 4.69) is 4.98 Å². The summed E-state index contributed by atoms with van der Waals surface area (Å²) in [5, 5.41) is 11.0. The zero-order chi connectivity index (χ0) is 17.5. The number of benzene rings is 1. The fourth-order valence-corrected chi connectivity index (χ4v) is 2.90. The topological polar surface area (TPSA) is 80.0 Å². The maximum Gasteiger partial charge on any atom is 0.357 e. The third-order valence-corrected chi connectivity index (χ3v) is 4.19. The summed E-state index contributed by atoms with van der Waals surface area (Å²) in [7, 11) is 0. The average molecular weight is 346 g/mol. The number of nitrogens with zero attached hydrogens (tertiary/aromatic N) is 2. The molecule has 24 heavy (non-hydrogen) atoms. The minimum absolute atomic E-state index is 0.100. The van der Waals surface area contributed by atoms with Crippen LogP contribution in [0.5, 0.6) is 0 Å². The average Bonchev–Trinajstić information content (AvgIpc) is 3.05. The molecule has 0 saturated carbocycles. The van der Waals surface area contributed by atoms with Crippen molar-refractivity contribution in [3.05, 3.63) is 51.7 Å². The summed E-state index contributed by atoms with van der Waals surface area (Å²) >= 11 is 1.08. The number of carbonyl (C=O) groups is 2. The molecule has 0 amide bonds. The van der Waals surface area contributed by atoms with Crippen LogP contribution in [0.4, 0.5) is 4.39 Å². The lowest BCUT2D eigenvalue weighted by atomic mass is 9.99. The molecule has 0 unspecified atom stereocenters. The largest absolute Gasteiger partial charge is 0.461 e. The van der Waals surface area contributed by atoms with Crippen LogP contribution < -0.4 is 0 Å². The lowest BCUT2D eigenvalue weighted by Crippen LogP contribution is -2.12. The highest BCUT2D eigenvalue weighted by Crippen LogP contribution is 2.23. The van der Waals surface area contributed by atoms with Crippen molar-refractivity contribution in [1.29, 1.82) is 5.26 Å². The van der Waals surface area contributed by atoms with Gasteiger partial charge in [0.15, 0.2) is 17.4 Å².